The number of rotatable bonds is 8. The summed E-state index contributed by atoms with van der Waals surface area (Å²) in [5, 5.41) is 2.85. The summed E-state index contributed by atoms with van der Waals surface area (Å²) in [4.78, 5) is 14.4. The van der Waals surface area contributed by atoms with Crippen molar-refractivity contribution in [1.82, 2.24) is 4.90 Å². The van der Waals surface area contributed by atoms with Crippen LogP contribution in [0.25, 0.3) is 0 Å². The first-order chi connectivity index (χ1) is 13.9. The van der Waals surface area contributed by atoms with Gasteiger partial charge in [0.2, 0.25) is 12.7 Å². The fraction of sp³-hybridized carbons (Fsp3) is 0.350. The zero-order valence-corrected chi connectivity index (χ0v) is 16.3. The number of methoxy groups -OCH3 is 1. The predicted molar refractivity (Wildman–Crippen MR) is 102 cm³/mol. The Morgan fingerprint density at radius 1 is 1.17 bits per heavy atom. The predicted octanol–water partition coefficient (Wildman–Crippen LogP) is 3.48. The standard InChI is InChI=1S/C20H22F2N2O5/c1-12(19(25)23-14-5-7-15-18(9-14)28-11-27-15)24(2)10-13-4-6-16(29-20(21)22)17(8-13)26-3/h4-9,12,20H,10-11H2,1-3H3,(H,23,25)/t12-/m0/s1. The van der Waals surface area contributed by atoms with Crippen molar-refractivity contribution in [2.75, 3.05) is 26.3 Å². The van der Waals surface area contributed by atoms with Gasteiger partial charge in [0.1, 0.15) is 0 Å². The second kappa shape index (κ2) is 8.95. The third kappa shape index (κ3) is 5.05. The molecule has 0 unspecified atom stereocenters. The van der Waals surface area contributed by atoms with Gasteiger partial charge in [-0.05, 0) is 43.8 Å². The first-order valence-corrected chi connectivity index (χ1v) is 8.90. The number of anilines is 1. The van der Waals surface area contributed by atoms with E-state index in [1.807, 2.05) is 4.90 Å². The summed E-state index contributed by atoms with van der Waals surface area (Å²) < 4.78 is 45.0. The second-order valence-corrected chi connectivity index (χ2v) is 6.51. The van der Waals surface area contributed by atoms with Crippen LogP contribution >= 0.6 is 0 Å². The van der Waals surface area contributed by atoms with Crippen LogP contribution < -0.4 is 24.3 Å². The van der Waals surface area contributed by atoms with Crippen LogP contribution in [-0.4, -0.2) is 44.4 Å². The number of halogens is 2. The van der Waals surface area contributed by atoms with Gasteiger partial charge in [0.15, 0.2) is 23.0 Å². The number of benzene rings is 2. The Morgan fingerprint density at radius 3 is 2.66 bits per heavy atom. The molecule has 0 spiro atoms. The van der Waals surface area contributed by atoms with Crippen molar-refractivity contribution in [3.8, 4) is 23.0 Å². The summed E-state index contributed by atoms with van der Waals surface area (Å²) in [6.45, 7) is -0.594. The first-order valence-electron chi connectivity index (χ1n) is 8.90. The number of hydrogen-bond donors (Lipinski definition) is 1. The van der Waals surface area contributed by atoms with E-state index in [4.69, 9.17) is 14.2 Å². The lowest BCUT2D eigenvalue weighted by molar-refractivity contribution is -0.120. The van der Waals surface area contributed by atoms with Crippen LogP contribution in [0.2, 0.25) is 0 Å². The zero-order valence-electron chi connectivity index (χ0n) is 16.3. The minimum Gasteiger partial charge on any atom is -0.493 e. The molecule has 0 aliphatic carbocycles. The Hall–Kier alpha value is -3.07. The molecule has 29 heavy (non-hydrogen) atoms. The summed E-state index contributed by atoms with van der Waals surface area (Å²) in [5.74, 6) is 1.19. The fourth-order valence-electron chi connectivity index (χ4n) is 2.85. The number of fused-ring (bicyclic) bond motifs is 1. The van der Waals surface area contributed by atoms with Crippen molar-refractivity contribution in [2.24, 2.45) is 0 Å². The van der Waals surface area contributed by atoms with Gasteiger partial charge in [-0.15, -0.1) is 0 Å². The molecule has 1 heterocycles. The van der Waals surface area contributed by atoms with E-state index >= 15 is 0 Å². The van der Waals surface area contributed by atoms with Crippen LogP contribution in [0.4, 0.5) is 14.5 Å². The summed E-state index contributed by atoms with van der Waals surface area (Å²) in [5.41, 5.74) is 1.39. The van der Waals surface area contributed by atoms with E-state index in [1.54, 1.807) is 44.3 Å². The highest BCUT2D eigenvalue weighted by atomic mass is 19.3. The number of carbonyl (C=O) groups is 1. The van der Waals surface area contributed by atoms with Crippen LogP contribution in [0, 0.1) is 0 Å². The van der Waals surface area contributed by atoms with E-state index in [0.29, 0.717) is 23.7 Å². The van der Waals surface area contributed by atoms with E-state index < -0.39 is 12.7 Å². The molecule has 3 rings (SSSR count). The van der Waals surface area contributed by atoms with Crippen molar-refractivity contribution < 1.29 is 32.5 Å². The molecule has 2 aromatic rings. The van der Waals surface area contributed by atoms with Gasteiger partial charge in [-0.25, -0.2) is 0 Å². The van der Waals surface area contributed by atoms with Crippen molar-refractivity contribution >= 4 is 11.6 Å². The van der Waals surface area contributed by atoms with Crippen LogP contribution in [0.5, 0.6) is 23.0 Å². The molecule has 1 aliphatic heterocycles. The molecule has 0 radical (unpaired) electrons. The van der Waals surface area contributed by atoms with Gasteiger partial charge in [-0.1, -0.05) is 6.07 Å². The van der Waals surface area contributed by atoms with E-state index in [9.17, 15) is 13.6 Å². The molecule has 0 aromatic heterocycles. The smallest absolute Gasteiger partial charge is 0.387 e. The number of likely N-dealkylation sites (N-methyl/N-ethyl adjacent to an activating group) is 1. The topological polar surface area (TPSA) is 69.3 Å². The highest BCUT2D eigenvalue weighted by Crippen LogP contribution is 2.34. The molecule has 0 fully saturated rings. The average Bonchev–Trinajstić information content (AvgIpc) is 3.15. The number of nitrogens with one attached hydrogen (secondary N) is 1. The molecule has 7 nitrogen and oxygen atoms in total. The number of alkyl halides is 2. The van der Waals surface area contributed by atoms with Gasteiger partial charge < -0.3 is 24.3 Å². The molecular weight excluding hydrogens is 386 g/mol. The monoisotopic (exact) mass is 408 g/mol. The minimum absolute atomic E-state index is 0.0393. The van der Waals surface area contributed by atoms with Crippen molar-refractivity contribution in [1.29, 1.82) is 0 Å². The maximum Gasteiger partial charge on any atom is 0.387 e. The molecule has 0 saturated heterocycles. The molecule has 1 atom stereocenters. The fourth-order valence-corrected chi connectivity index (χ4v) is 2.85. The number of nitrogens with zero attached hydrogens (tertiary/aromatic N) is 1. The summed E-state index contributed by atoms with van der Waals surface area (Å²) >= 11 is 0. The molecule has 1 aliphatic rings. The van der Waals surface area contributed by atoms with E-state index in [2.05, 4.69) is 10.1 Å². The first kappa shape index (κ1) is 20.7. The number of hydrogen-bond acceptors (Lipinski definition) is 6. The van der Waals surface area contributed by atoms with Gasteiger partial charge in [0.05, 0.1) is 13.2 Å². The van der Waals surface area contributed by atoms with Crippen molar-refractivity contribution in [3.05, 3.63) is 42.0 Å². The molecule has 9 heteroatoms. The summed E-state index contributed by atoms with van der Waals surface area (Å²) in [6, 6.07) is 9.41. The summed E-state index contributed by atoms with van der Waals surface area (Å²) in [7, 11) is 3.17. The SMILES string of the molecule is COc1cc(CN(C)[C@@H](C)C(=O)Nc2ccc3c(c2)OCO3)ccc1OC(F)F. The van der Waals surface area contributed by atoms with Gasteiger partial charge in [0, 0.05) is 18.3 Å². The quantitative estimate of drug-likeness (QED) is 0.721. The van der Waals surface area contributed by atoms with Crippen LogP contribution in [-0.2, 0) is 11.3 Å². The highest BCUT2D eigenvalue weighted by molar-refractivity contribution is 5.94. The number of carbonyl (C=O) groups excluding carboxylic acids is 1. The molecule has 1 N–H and O–H groups in total. The van der Waals surface area contributed by atoms with Gasteiger partial charge in [-0.2, -0.15) is 8.78 Å². The largest absolute Gasteiger partial charge is 0.493 e. The van der Waals surface area contributed by atoms with Gasteiger partial charge in [-0.3, -0.25) is 9.69 Å². The Morgan fingerprint density at radius 2 is 1.93 bits per heavy atom. The van der Waals surface area contributed by atoms with Crippen LogP contribution in [0.1, 0.15) is 12.5 Å². The maximum atomic E-state index is 12.6. The number of amides is 1. The molecule has 1 amide bonds. The molecular formula is C20H22F2N2O5. The average molecular weight is 408 g/mol. The Balaban J connectivity index is 1.62. The van der Waals surface area contributed by atoms with E-state index in [-0.39, 0.29) is 24.2 Å². The third-order valence-corrected chi connectivity index (χ3v) is 4.56. The molecule has 0 bridgehead atoms. The minimum atomic E-state index is -2.93. The Kier molecular flexibility index (Phi) is 6.38. The van der Waals surface area contributed by atoms with Gasteiger partial charge in [0.25, 0.3) is 0 Å². The molecule has 2 aromatic carbocycles. The maximum absolute atomic E-state index is 12.6. The van der Waals surface area contributed by atoms with Crippen LogP contribution in [0.3, 0.4) is 0 Å². The summed E-state index contributed by atoms with van der Waals surface area (Å²) in [6.07, 6.45) is 0. The Labute approximate surface area is 167 Å². The third-order valence-electron chi connectivity index (χ3n) is 4.56. The molecule has 0 saturated carbocycles. The van der Waals surface area contributed by atoms with Crippen molar-refractivity contribution in [3.63, 3.8) is 0 Å². The lowest BCUT2D eigenvalue weighted by atomic mass is 10.1. The second-order valence-electron chi connectivity index (χ2n) is 6.51. The van der Waals surface area contributed by atoms with E-state index in [1.165, 1.54) is 13.2 Å². The lowest BCUT2D eigenvalue weighted by Gasteiger charge is -2.24. The highest BCUT2D eigenvalue weighted by Gasteiger charge is 2.21. The molecule has 156 valence electrons. The lowest BCUT2D eigenvalue weighted by Crippen LogP contribution is -2.39. The van der Waals surface area contributed by atoms with Crippen LogP contribution in [0.15, 0.2) is 36.4 Å². The van der Waals surface area contributed by atoms with Gasteiger partial charge >= 0.3 is 6.61 Å². The van der Waals surface area contributed by atoms with Crippen molar-refractivity contribution in [2.45, 2.75) is 26.1 Å². The number of ether oxygens (including phenoxy) is 4. The zero-order chi connectivity index (χ0) is 21.0. The normalized spacial score (nSPS) is 13.5. The Bertz CT molecular complexity index is 878. The van der Waals surface area contributed by atoms with E-state index in [0.717, 1.165) is 5.56 Å².